The predicted molar refractivity (Wildman–Crippen MR) is 89.5 cm³/mol. The van der Waals surface area contributed by atoms with E-state index < -0.39 is 5.60 Å². The van der Waals surface area contributed by atoms with Crippen molar-refractivity contribution in [3.05, 3.63) is 54.1 Å². The average molecular weight is 340 g/mol. The Bertz CT molecular complexity index is 860. The lowest BCUT2D eigenvalue weighted by Crippen LogP contribution is -2.32. The molecule has 3 heterocycles. The molecule has 1 N–H and O–H groups in total. The molecule has 1 saturated heterocycles. The Morgan fingerprint density at radius 1 is 1.28 bits per heavy atom. The molecule has 4 rings (SSSR count). The van der Waals surface area contributed by atoms with Crippen LogP contribution in [0.1, 0.15) is 37.0 Å². The van der Waals surface area contributed by atoms with E-state index in [0.29, 0.717) is 31.2 Å². The summed E-state index contributed by atoms with van der Waals surface area (Å²) in [5.74, 6) is 2.17. The number of oxazole rings is 1. The van der Waals surface area contributed by atoms with E-state index in [2.05, 4.69) is 20.0 Å². The fourth-order valence-electron chi connectivity index (χ4n) is 3.19. The zero-order chi connectivity index (χ0) is 17.4. The van der Waals surface area contributed by atoms with E-state index in [1.807, 2.05) is 37.3 Å². The first-order valence-electron chi connectivity index (χ1n) is 8.33. The molecule has 3 aromatic rings. The van der Waals surface area contributed by atoms with Gasteiger partial charge in [-0.2, -0.15) is 4.98 Å². The lowest BCUT2D eigenvalue weighted by molar-refractivity contribution is 0.00907. The fraction of sp³-hybridized carbons (Fsp3) is 0.389. The number of aliphatic hydroxyl groups is 1. The summed E-state index contributed by atoms with van der Waals surface area (Å²) >= 11 is 0. The topological polar surface area (TPSA) is 88.4 Å². The Labute approximate surface area is 145 Å². The van der Waals surface area contributed by atoms with Crippen LogP contribution < -0.4 is 0 Å². The van der Waals surface area contributed by atoms with Gasteiger partial charge >= 0.3 is 0 Å². The molecule has 7 heteroatoms. The van der Waals surface area contributed by atoms with E-state index in [9.17, 15) is 5.11 Å². The highest BCUT2D eigenvalue weighted by atomic mass is 16.5. The SMILES string of the molecule is Cc1noc(C2(O)CCN(C(C)c3ncc(-c4ccccc4)o3)C2)n1. The molecule has 7 nitrogen and oxygen atoms in total. The maximum absolute atomic E-state index is 10.8. The monoisotopic (exact) mass is 340 g/mol. The van der Waals surface area contributed by atoms with Crippen molar-refractivity contribution >= 4 is 0 Å². The van der Waals surface area contributed by atoms with Crippen molar-refractivity contribution in [1.82, 2.24) is 20.0 Å². The zero-order valence-corrected chi connectivity index (χ0v) is 14.2. The molecule has 0 saturated carbocycles. The smallest absolute Gasteiger partial charge is 0.259 e. The first kappa shape index (κ1) is 16.0. The molecule has 1 aliphatic heterocycles. The minimum absolute atomic E-state index is 0.0597. The standard InChI is InChI=1S/C18H20N4O3/c1-12(16-19-10-15(24-16)14-6-4-3-5-7-14)22-9-8-18(23,11-22)17-20-13(2)21-25-17/h3-7,10,12,23H,8-9,11H2,1-2H3. The van der Waals surface area contributed by atoms with Crippen LogP contribution in [0.5, 0.6) is 0 Å². The molecule has 2 aromatic heterocycles. The fourth-order valence-corrected chi connectivity index (χ4v) is 3.19. The van der Waals surface area contributed by atoms with Crippen LogP contribution in [0.2, 0.25) is 0 Å². The zero-order valence-electron chi connectivity index (χ0n) is 14.2. The van der Waals surface area contributed by atoms with Crippen LogP contribution in [0.15, 0.2) is 45.5 Å². The van der Waals surface area contributed by atoms with Crippen molar-refractivity contribution in [2.45, 2.75) is 31.9 Å². The second-order valence-corrected chi connectivity index (χ2v) is 6.50. The highest BCUT2D eigenvalue weighted by Crippen LogP contribution is 2.36. The van der Waals surface area contributed by atoms with Crippen LogP contribution in [0.3, 0.4) is 0 Å². The van der Waals surface area contributed by atoms with Gasteiger partial charge in [-0.25, -0.2) is 4.98 Å². The molecule has 0 spiro atoms. The summed E-state index contributed by atoms with van der Waals surface area (Å²) in [5, 5.41) is 14.6. The highest BCUT2D eigenvalue weighted by molar-refractivity contribution is 5.55. The Hall–Kier alpha value is -2.51. The van der Waals surface area contributed by atoms with Gasteiger partial charge in [-0.05, 0) is 20.3 Å². The minimum Gasteiger partial charge on any atom is -0.439 e. The molecule has 1 fully saturated rings. The Kier molecular flexibility index (Phi) is 3.89. The summed E-state index contributed by atoms with van der Waals surface area (Å²) in [6.45, 7) is 4.86. The van der Waals surface area contributed by atoms with Crippen LogP contribution in [0.4, 0.5) is 0 Å². The number of hydrogen-bond acceptors (Lipinski definition) is 7. The van der Waals surface area contributed by atoms with Gasteiger partial charge in [-0.1, -0.05) is 35.5 Å². The van der Waals surface area contributed by atoms with E-state index in [1.54, 1.807) is 13.1 Å². The molecule has 25 heavy (non-hydrogen) atoms. The Morgan fingerprint density at radius 3 is 2.80 bits per heavy atom. The predicted octanol–water partition coefficient (Wildman–Crippen LogP) is 2.69. The number of likely N-dealkylation sites (tertiary alicyclic amines) is 1. The number of aryl methyl sites for hydroxylation is 1. The number of rotatable bonds is 4. The second kappa shape index (κ2) is 6.09. The molecule has 0 amide bonds. The summed E-state index contributed by atoms with van der Waals surface area (Å²) < 4.78 is 11.1. The number of β-amino-alcohol motifs (C(OH)–C–C–N with tert-alkyl or cyclic N) is 1. The number of nitrogens with zero attached hydrogens (tertiary/aromatic N) is 4. The van der Waals surface area contributed by atoms with Crippen molar-refractivity contribution in [3.8, 4) is 11.3 Å². The van der Waals surface area contributed by atoms with Gasteiger partial charge in [0.25, 0.3) is 5.89 Å². The van der Waals surface area contributed by atoms with E-state index in [-0.39, 0.29) is 11.9 Å². The van der Waals surface area contributed by atoms with Gasteiger partial charge < -0.3 is 14.0 Å². The van der Waals surface area contributed by atoms with Gasteiger partial charge in [0.1, 0.15) is 0 Å². The summed E-state index contributed by atoms with van der Waals surface area (Å²) in [6, 6.07) is 9.81. The van der Waals surface area contributed by atoms with Crippen molar-refractivity contribution in [2.75, 3.05) is 13.1 Å². The summed E-state index contributed by atoms with van der Waals surface area (Å²) in [7, 11) is 0. The van der Waals surface area contributed by atoms with Crippen LogP contribution in [-0.2, 0) is 5.60 Å². The van der Waals surface area contributed by atoms with E-state index in [1.165, 1.54) is 0 Å². The largest absolute Gasteiger partial charge is 0.439 e. The molecular formula is C18H20N4O3. The third-order valence-electron chi connectivity index (χ3n) is 4.69. The molecule has 1 aromatic carbocycles. The van der Waals surface area contributed by atoms with Crippen molar-refractivity contribution in [1.29, 1.82) is 0 Å². The van der Waals surface area contributed by atoms with Gasteiger partial charge in [0.05, 0.1) is 12.2 Å². The molecular weight excluding hydrogens is 320 g/mol. The minimum atomic E-state index is -1.12. The molecule has 0 bridgehead atoms. The first-order chi connectivity index (χ1) is 12.0. The maximum Gasteiger partial charge on any atom is 0.259 e. The second-order valence-electron chi connectivity index (χ2n) is 6.50. The molecule has 130 valence electrons. The van der Waals surface area contributed by atoms with E-state index >= 15 is 0 Å². The molecule has 0 aliphatic carbocycles. The summed E-state index contributed by atoms with van der Waals surface area (Å²) in [6.07, 6.45) is 2.27. The van der Waals surface area contributed by atoms with Crippen LogP contribution >= 0.6 is 0 Å². The lowest BCUT2D eigenvalue weighted by Gasteiger charge is -2.23. The van der Waals surface area contributed by atoms with Gasteiger partial charge in [0, 0.05) is 18.7 Å². The maximum atomic E-state index is 10.8. The van der Waals surface area contributed by atoms with Gasteiger partial charge in [-0.15, -0.1) is 0 Å². The van der Waals surface area contributed by atoms with E-state index in [0.717, 1.165) is 11.3 Å². The van der Waals surface area contributed by atoms with Crippen molar-refractivity contribution in [2.24, 2.45) is 0 Å². The molecule has 2 atom stereocenters. The van der Waals surface area contributed by atoms with Crippen molar-refractivity contribution < 1.29 is 14.0 Å². The van der Waals surface area contributed by atoms with Crippen LogP contribution in [0.25, 0.3) is 11.3 Å². The third kappa shape index (κ3) is 2.96. The lowest BCUT2D eigenvalue weighted by atomic mass is 10.0. The number of hydrogen-bond donors (Lipinski definition) is 1. The number of benzene rings is 1. The Morgan fingerprint density at radius 2 is 2.08 bits per heavy atom. The molecule has 1 aliphatic rings. The summed E-state index contributed by atoms with van der Waals surface area (Å²) in [4.78, 5) is 10.7. The van der Waals surface area contributed by atoms with Gasteiger partial charge in [0.15, 0.2) is 17.2 Å². The highest BCUT2D eigenvalue weighted by Gasteiger charge is 2.44. The van der Waals surface area contributed by atoms with E-state index in [4.69, 9.17) is 8.94 Å². The Balaban J connectivity index is 1.51. The average Bonchev–Trinajstić information content (AvgIpc) is 3.35. The van der Waals surface area contributed by atoms with Gasteiger partial charge in [-0.3, -0.25) is 4.90 Å². The number of aromatic nitrogens is 3. The molecule has 2 unspecified atom stereocenters. The van der Waals surface area contributed by atoms with Crippen LogP contribution in [0, 0.1) is 6.92 Å². The summed E-state index contributed by atoms with van der Waals surface area (Å²) in [5.41, 5.74) is -0.127. The normalized spacial score (nSPS) is 22.4. The van der Waals surface area contributed by atoms with Crippen LogP contribution in [-0.4, -0.2) is 38.2 Å². The quantitative estimate of drug-likeness (QED) is 0.781. The van der Waals surface area contributed by atoms with Crippen molar-refractivity contribution in [3.63, 3.8) is 0 Å². The molecule has 0 radical (unpaired) electrons. The van der Waals surface area contributed by atoms with Gasteiger partial charge in [0.2, 0.25) is 5.89 Å². The third-order valence-corrected chi connectivity index (χ3v) is 4.69. The first-order valence-corrected chi connectivity index (χ1v) is 8.33.